The lowest BCUT2D eigenvalue weighted by Gasteiger charge is -2.30. The Morgan fingerprint density at radius 3 is 1.48 bits per heavy atom. The highest BCUT2D eigenvalue weighted by atomic mass is 79.9. The van der Waals surface area contributed by atoms with Gasteiger partial charge in [0.15, 0.2) is 0 Å². The van der Waals surface area contributed by atoms with Gasteiger partial charge in [0.25, 0.3) is 0 Å². The van der Waals surface area contributed by atoms with Crippen molar-refractivity contribution in [2.24, 2.45) is 0 Å². The van der Waals surface area contributed by atoms with Gasteiger partial charge in [-0.3, -0.25) is 0 Å². The van der Waals surface area contributed by atoms with Crippen molar-refractivity contribution in [2.45, 2.75) is 6.55 Å². The van der Waals surface area contributed by atoms with E-state index in [-0.39, 0.29) is 0 Å². The monoisotopic (exact) mass is 464 g/mol. The minimum absolute atomic E-state index is 0.714. The lowest BCUT2D eigenvalue weighted by molar-refractivity contribution is 1.61. The highest BCUT2D eigenvalue weighted by Crippen LogP contribution is 2.30. The van der Waals surface area contributed by atoms with E-state index in [0.29, 0.717) is 5.02 Å². The second-order valence-electron chi connectivity index (χ2n) is 5.61. The molecule has 0 unspecified atom stereocenters. The molecule has 0 heterocycles. The van der Waals surface area contributed by atoms with Crippen molar-refractivity contribution in [3.8, 4) is 0 Å². The van der Waals surface area contributed by atoms with Crippen LogP contribution in [-0.4, -0.2) is 8.07 Å². The van der Waals surface area contributed by atoms with E-state index in [4.69, 9.17) is 11.6 Å². The fourth-order valence-corrected chi connectivity index (χ4v) is 8.19. The molecule has 0 aromatic heterocycles. The molecule has 4 heteroatoms. The Morgan fingerprint density at radius 2 is 1.09 bits per heavy atom. The van der Waals surface area contributed by atoms with Crippen LogP contribution in [0.1, 0.15) is 0 Å². The summed E-state index contributed by atoms with van der Waals surface area (Å²) in [6.07, 6.45) is 0. The van der Waals surface area contributed by atoms with Crippen molar-refractivity contribution >= 4 is 67.1 Å². The highest BCUT2D eigenvalue weighted by molar-refractivity contribution is 9.11. The molecule has 0 atom stereocenters. The molecule has 0 aliphatic rings. The van der Waals surface area contributed by atoms with Crippen LogP contribution in [0.4, 0.5) is 0 Å². The Labute approximate surface area is 159 Å². The molecule has 0 fully saturated rings. The van der Waals surface area contributed by atoms with Crippen LogP contribution >= 0.6 is 43.5 Å². The largest absolute Gasteiger partial charge is 0.145 e. The van der Waals surface area contributed by atoms with Gasteiger partial charge >= 0.3 is 0 Å². The summed E-state index contributed by atoms with van der Waals surface area (Å²) in [5, 5.41) is 4.80. The summed E-state index contributed by atoms with van der Waals surface area (Å²) >= 11 is 13.5. The van der Waals surface area contributed by atoms with E-state index >= 15 is 0 Å². The van der Waals surface area contributed by atoms with Crippen LogP contribution in [0, 0.1) is 0 Å². The van der Waals surface area contributed by atoms with E-state index in [2.05, 4.69) is 111 Å². The number of halogens is 3. The first-order valence-electron chi connectivity index (χ1n) is 7.29. The molecule has 3 aromatic rings. The van der Waals surface area contributed by atoms with Crippen LogP contribution in [0.15, 0.2) is 81.7 Å². The summed E-state index contributed by atoms with van der Waals surface area (Å²) in [6.45, 7) is 2.39. The van der Waals surface area contributed by atoms with Crippen LogP contribution in [0.3, 0.4) is 0 Å². The zero-order valence-corrected chi connectivity index (χ0v) is 17.5. The Kier molecular flexibility index (Phi) is 5.12. The molecule has 0 bridgehead atoms. The second-order valence-corrected chi connectivity index (χ2v) is 11.7. The summed E-state index contributed by atoms with van der Waals surface area (Å²) < 4.78 is 1.85. The molecule has 0 aliphatic heterocycles. The van der Waals surface area contributed by atoms with Crippen LogP contribution < -0.4 is 15.6 Å². The molecular weight excluding hydrogens is 452 g/mol. The summed E-state index contributed by atoms with van der Waals surface area (Å²) in [6, 6.07) is 25.9. The van der Waals surface area contributed by atoms with Crippen LogP contribution in [0.25, 0.3) is 0 Å². The molecule has 0 spiro atoms. The van der Waals surface area contributed by atoms with E-state index in [1.165, 1.54) is 15.6 Å². The summed E-state index contributed by atoms with van der Waals surface area (Å²) in [5.74, 6) is 0. The predicted molar refractivity (Wildman–Crippen MR) is 110 cm³/mol. The highest BCUT2D eigenvalue weighted by Gasteiger charge is 2.34. The third-order valence-corrected chi connectivity index (χ3v) is 10.8. The standard InChI is InChI=1S/C19H15Br2ClSi/c1-23(14-8-4-2-5-9-14,15-10-6-3-7-11-15)16-12-17(20)19(22)18(21)13-16/h2-13H,1H3. The molecule has 3 rings (SSSR count). The minimum atomic E-state index is -2.08. The van der Waals surface area contributed by atoms with Crippen molar-refractivity contribution in [3.63, 3.8) is 0 Å². The summed E-state index contributed by atoms with van der Waals surface area (Å²) in [7, 11) is -2.08. The van der Waals surface area contributed by atoms with Crippen molar-refractivity contribution in [2.75, 3.05) is 0 Å². The fourth-order valence-electron chi connectivity index (χ4n) is 2.89. The van der Waals surface area contributed by atoms with Gasteiger partial charge in [0, 0.05) is 8.95 Å². The molecule has 3 aromatic carbocycles. The van der Waals surface area contributed by atoms with Crippen LogP contribution in [-0.2, 0) is 0 Å². The zero-order valence-electron chi connectivity index (χ0n) is 12.6. The van der Waals surface area contributed by atoms with E-state index in [9.17, 15) is 0 Å². The van der Waals surface area contributed by atoms with Gasteiger partial charge in [-0.2, -0.15) is 0 Å². The van der Waals surface area contributed by atoms with Gasteiger partial charge in [0.2, 0.25) is 0 Å². The maximum Gasteiger partial charge on any atom is 0.145 e. The van der Waals surface area contributed by atoms with E-state index < -0.39 is 8.07 Å². The Hall–Kier alpha value is -0.873. The Balaban J connectivity index is 2.29. The topological polar surface area (TPSA) is 0 Å². The number of hydrogen-bond donors (Lipinski definition) is 0. The molecular formula is C19H15Br2ClSi. The lowest BCUT2D eigenvalue weighted by Crippen LogP contribution is -2.64. The average molecular weight is 467 g/mol. The molecule has 0 aliphatic carbocycles. The number of rotatable bonds is 3. The van der Waals surface area contributed by atoms with Crippen molar-refractivity contribution in [1.29, 1.82) is 0 Å². The van der Waals surface area contributed by atoms with Gasteiger partial charge in [0.1, 0.15) is 8.07 Å². The third-order valence-electron chi connectivity index (χ3n) is 4.26. The Bertz CT molecular complexity index is 757. The molecule has 0 saturated carbocycles. The zero-order chi connectivity index (χ0) is 16.4. The molecule has 0 radical (unpaired) electrons. The quantitative estimate of drug-likeness (QED) is 0.291. The van der Waals surface area contributed by atoms with Crippen molar-refractivity contribution in [1.82, 2.24) is 0 Å². The van der Waals surface area contributed by atoms with E-state index in [0.717, 1.165) is 8.95 Å². The average Bonchev–Trinajstić information content (AvgIpc) is 2.60. The number of benzene rings is 3. The molecule has 0 N–H and O–H groups in total. The minimum Gasteiger partial charge on any atom is -0.0819 e. The normalized spacial score (nSPS) is 11.5. The molecule has 0 nitrogen and oxygen atoms in total. The molecule has 0 amide bonds. The third kappa shape index (κ3) is 3.20. The van der Waals surface area contributed by atoms with Gasteiger partial charge in [-0.15, -0.1) is 0 Å². The SMILES string of the molecule is C[Si](c1ccccc1)(c1ccccc1)c1cc(Br)c(Cl)c(Br)c1. The lowest BCUT2D eigenvalue weighted by atomic mass is 10.3. The first kappa shape index (κ1) is 17.0. The van der Waals surface area contributed by atoms with Gasteiger partial charge in [-0.05, 0) is 59.6 Å². The van der Waals surface area contributed by atoms with Gasteiger partial charge < -0.3 is 0 Å². The first-order chi connectivity index (χ1) is 11.0. The predicted octanol–water partition coefficient (Wildman–Crippen LogP) is 4.97. The molecule has 0 saturated heterocycles. The van der Waals surface area contributed by atoms with Gasteiger partial charge in [0.05, 0.1) is 5.02 Å². The molecule has 116 valence electrons. The van der Waals surface area contributed by atoms with E-state index in [1.54, 1.807) is 0 Å². The van der Waals surface area contributed by atoms with Crippen molar-refractivity contribution in [3.05, 3.63) is 86.8 Å². The second kappa shape index (κ2) is 6.94. The van der Waals surface area contributed by atoms with Crippen LogP contribution in [0.5, 0.6) is 0 Å². The maximum absolute atomic E-state index is 6.31. The fraction of sp³-hybridized carbons (Fsp3) is 0.0526. The maximum atomic E-state index is 6.31. The molecule has 23 heavy (non-hydrogen) atoms. The summed E-state index contributed by atoms with van der Waals surface area (Å²) in [4.78, 5) is 0. The van der Waals surface area contributed by atoms with Crippen LogP contribution in [0.2, 0.25) is 11.6 Å². The van der Waals surface area contributed by atoms with Gasteiger partial charge in [-0.1, -0.05) is 78.8 Å². The van der Waals surface area contributed by atoms with Gasteiger partial charge in [-0.25, -0.2) is 0 Å². The van der Waals surface area contributed by atoms with Crippen molar-refractivity contribution < 1.29 is 0 Å². The summed E-state index contributed by atoms with van der Waals surface area (Å²) in [5.41, 5.74) is 0. The smallest absolute Gasteiger partial charge is 0.0819 e. The number of hydrogen-bond acceptors (Lipinski definition) is 0. The Morgan fingerprint density at radius 1 is 0.696 bits per heavy atom. The first-order valence-corrected chi connectivity index (χ1v) is 11.8. The van der Waals surface area contributed by atoms with E-state index in [1.807, 2.05) is 0 Å².